The van der Waals surface area contributed by atoms with E-state index in [0.29, 0.717) is 19.8 Å². The summed E-state index contributed by atoms with van der Waals surface area (Å²) in [5.41, 5.74) is 3.31. The number of carbonyl (C=O) groups is 1. The van der Waals surface area contributed by atoms with Gasteiger partial charge in [-0.2, -0.15) is 5.10 Å². The number of aromatic amines is 1. The van der Waals surface area contributed by atoms with E-state index in [2.05, 4.69) is 50.8 Å². The third kappa shape index (κ3) is 3.73. The van der Waals surface area contributed by atoms with Crippen molar-refractivity contribution in [3.05, 3.63) is 35.1 Å². The van der Waals surface area contributed by atoms with Gasteiger partial charge >= 0.3 is 0 Å². The molecule has 3 aromatic heterocycles. The second-order valence-electron chi connectivity index (χ2n) is 8.94. The van der Waals surface area contributed by atoms with E-state index < -0.39 is 0 Å². The Hall–Kier alpha value is -2.69. The molecule has 6 rings (SSSR count). The molecule has 0 radical (unpaired) electrons. The van der Waals surface area contributed by atoms with E-state index in [1.165, 1.54) is 10.4 Å². The smallest absolute Gasteiger partial charge is 0.226 e. The van der Waals surface area contributed by atoms with Gasteiger partial charge in [0.2, 0.25) is 5.91 Å². The van der Waals surface area contributed by atoms with Crippen LogP contribution in [-0.2, 0) is 22.4 Å². The maximum absolute atomic E-state index is 13.3. The molecule has 2 unspecified atom stereocenters. The number of aromatic nitrogens is 4. The Morgan fingerprint density at radius 1 is 1.35 bits per heavy atom. The molecule has 1 saturated heterocycles. The highest BCUT2D eigenvalue weighted by Gasteiger charge is 2.34. The summed E-state index contributed by atoms with van der Waals surface area (Å²) in [5.74, 6) is 1.12. The predicted molar refractivity (Wildman–Crippen MR) is 136 cm³/mol. The van der Waals surface area contributed by atoms with Gasteiger partial charge in [-0.3, -0.25) is 9.89 Å². The quantitative estimate of drug-likeness (QED) is 0.406. The van der Waals surface area contributed by atoms with E-state index in [-0.39, 0.29) is 17.9 Å². The minimum absolute atomic E-state index is 0.0251. The fourth-order valence-corrected chi connectivity index (χ4v) is 6.90. The summed E-state index contributed by atoms with van der Waals surface area (Å²) in [4.78, 5) is 27.9. The SMILES string of the molecule is CSc1cc2[nH]ncc2cc1Nc1ncnc2sc3c(c12)CCC(C(=O)N1CCOCC1C)C3. The molecule has 2 atom stereocenters. The van der Waals surface area contributed by atoms with Gasteiger partial charge in [0.25, 0.3) is 0 Å². The van der Waals surface area contributed by atoms with Gasteiger partial charge in [-0.05, 0) is 50.1 Å². The lowest BCUT2D eigenvalue weighted by Crippen LogP contribution is -2.50. The van der Waals surface area contributed by atoms with E-state index in [1.807, 2.05) is 11.1 Å². The molecule has 0 spiro atoms. The summed E-state index contributed by atoms with van der Waals surface area (Å²) in [6.07, 6.45) is 8.02. The van der Waals surface area contributed by atoms with E-state index in [0.717, 1.165) is 56.8 Å². The highest BCUT2D eigenvalue weighted by molar-refractivity contribution is 7.98. The standard InChI is InChI=1S/C24H26N6O2S2/c1-13-11-32-6-5-30(13)24(31)14-3-4-16-19(8-14)34-23-21(16)22(25-12-26-23)28-18-7-15-10-27-29-17(15)9-20(18)33-2/h7,9-10,12-14H,3-6,8,11H2,1-2H3,(H,27,29)(H,25,26,28). The van der Waals surface area contributed by atoms with Crippen LogP contribution in [0.5, 0.6) is 0 Å². The third-order valence-electron chi connectivity index (χ3n) is 6.86. The third-order valence-corrected chi connectivity index (χ3v) is 8.80. The molecule has 10 heteroatoms. The molecule has 1 aliphatic carbocycles. The molecule has 0 bridgehead atoms. The van der Waals surface area contributed by atoms with Gasteiger partial charge in [0.1, 0.15) is 17.0 Å². The lowest BCUT2D eigenvalue weighted by molar-refractivity contribution is -0.143. The van der Waals surface area contributed by atoms with Gasteiger partial charge in [0, 0.05) is 27.6 Å². The molecule has 176 valence electrons. The lowest BCUT2D eigenvalue weighted by Gasteiger charge is -2.36. The molecule has 1 fully saturated rings. The molecule has 34 heavy (non-hydrogen) atoms. The first-order valence-corrected chi connectivity index (χ1v) is 13.6. The van der Waals surface area contributed by atoms with Crippen LogP contribution in [0.3, 0.4) is 0 Å². The molecule has 4 heterocycles. The average Bonchev–Trinajstić information content (AvgIpc) is 3.47. The van der Waals surface area contributed by atoms with Crippen molar-refractivity contribution >= 4 is 61.6 Å². The first-order chi connectivity index (χ1) is 16.6. The normalized spacial score (nSPS) is 20.6. The van der Waals surface area contributed by atoms with E-state index in [9.17, 15) is 4.79 Å². The fourth-order valence-electron chi connectivity index (χ4n) is 5.07. The minimum Gasteiger partial charge on any atom is -0.377 e. The summed E-state index contributed by atoms with van der Waals surface area (Å²) in [6, 6.07) is 4.36. The van der Waals surface area contributed by atoms with Gasteiger partial charge in [-0.1, -0.05) is 0 Å². The molecule has 1 aromatic carbocycles. The van der Waals surface area contributed by atoms with Crippen molar-refractivity contribution in [3.8, 4) is 0 Å². The number of hydrogen-bond acceptors (Lipinski definition) is 8. The maximum atomic E-state index is 13.3. The molecule has 4 aromatic rings. The van der Waals surface area contributed by atoms with Crippen molar-refractivity contribution < 1.29 is 9.53 Å². The number of ether oxygens (including phenoxy) is 1. The Balaban J connectivity index is 1.32. The second-order valence-corrected chi connectivity index (χ2v) is 10.9. The van der Waals surface area contributed by atoms with Crippen molar-refractivity contribution in [2.75, 3.05) is 31.3 Å². The molecule has 8 nitrogen and oxygen atoms in total. The van der Waals surface area contributed by atoms with Crippen LogP contribution in [0, 0.1) is 5.92 Å². The highest BCUT2D eigenvalue weighted by Crippen LogP contribution is 2.42. The number of H-pyrrole nitrogens is 1. The number of thiophene rings is 1. The number of amides is 1. The van der Waals surface area contributed by atoms with Gasteiger partial charge in [-0.25, -0.2) is 9.97 Å². The van der Waals surface area contributed by atoms with Crippen molar-refractivity contribution in [2.24, 2.45) is 5.92 Å². The zero-order chi connectivity index (χ0) is 23.2. The molecule has 1 amide bonds. The molecule has 2 aliphatic rings. The van der Waals surface area contributed by atoms with Gasteiger partial charge in [-0.15, -0.1) is 23.1 Å². The molecular weight excluding hydrogens is 468 g/mol. The van der Waals surface area contributed by atoms with E-state index in [4.69, 9.17) is 4.74 Å². The second kappa shape index (κ2) is 8.83. The zero-order valence-corrected chi connectivity index (χ0v) is 20.8. The van der Waals surface area contributed by atoms with Crippen LogP contribution in [0.15, 0.2) is 29.6 Å². The van der Waals surface area contributed by atoms with Crippen LogP contribution >= 0.6 is 23.1 Å². The zero-order valence-electron chi connectivity index (χ0n) is 19.1. The Bertz CT molecular complexity index is 1380. The van der Waals surface area contributed by atoms with Crippen LogP contribution in [0.4, 0.5) is 11.5 Å². The summed E-state index contributed by atoms with van der Waals surface area (Å²) in [7, 11) is 0. The van der Waals surface area contributed by atoms with Crippen LogP contribution in [0.1, 0.15) is 23.8 Å². The van der Waals surface area contributed by atoms with Crippen molar-refractivity contribution in [1.82, 2.24) is 25.1 Å². The van der Waals surface area contributed by atoms with Crippen LogP contribution in [0.2, 0.25) is 0 Å². The fraction of sp³-hybridized carbons (Fsp3) is 0.417. The monoisotopic (exact) mass is 494 g/mol. The highest BCUT2D eigenvalue weighted by atomic mass is 32.2. The Labute approximate surface area is 205 Å². The number of aryl methyl sites for hydroxylation is 1. The number of fused-ring (bicyclic) bond motifs is 4. The first-order valence-electron chi connectivity index (χ1n) is 11.5. The summed E-state index contributed by atoms with van der Waals surface area (Å²) in [6.45, 7) is 4.01. The number of anilines is 2. The van der Waals surface area contributed by atoms with Crippen molar-refractivity contribution in [2.45, 2.75) is 37.1 Å². The van der Waals surface area contributed by atoms with Gasteiger partial charge < -0.3 is 15.0 Å². The average molecular weight is 495 g/mol. The molecule has 1 aliphatic heterocycles. The largest absolute Gasteiger partial charge is 0.377 e. The van der Waals surface area contributed by atoms with Crippen molar-refractivity contribution in [1.29, 1.82) is 0 Å². The van der Waals surface area contributed by atoms with Crippen LogP contribution < -0.4 is 5.32 Å². The Kier molecular flexibility index (Phi) is 5.66. The van der Waals surface area contributed by atoms with E-state index >= 15 is 0 Å². The summed E-state index contributed by atoms with van der Waals surface area (Å²) < 4.78 is 5.52. The molecule has 0 saturated carbocycles. The summed E-state index contributed by atoms with van der Waals surface area (Å²) in [5, 5.41) is 12.9. The van der Waals surface area contributed by atoms with Crippen LogP contribution in [-0.4, -0.2) is 63.0 Å². The van der Waals surface area contributed by atoms with Gasteiger partial charge in [0.05, 0.1) is 42.0 Å². The number of thioether (sulfide) groups is 1. The van der Waals surface area contributed by atoms with E-state index in [1.54, 1.807) is 29.4 Å². The summed E-state index contributed by atoms with van der Waals surface area (Å²) >= 11 is 3.38. The van der Waals surface area contributed by atoms with Gasteiger partial charge in [0.15, 0.2) is 0 Å². The molecule has 2 N–H and O–H groups in total. The number of carbonyl (C=O) groups excluding carboxylic acids is 1. The molecular formula is C24H26N6O2S2. The number of nitrogens with one attached hydrogen (secondary N) is 2. The number of morpholine rings is 1. The number of benzene rings is 1. The maximum Gasteiger partial charge on any atom is 0.226 e. The number of rotatable bonds is 4. The number of hydrogen-bond donors (Lipinski definition) is 2. The van der Waals surface area contributed by atoms with Crippen LogP contribution in [0.25, 0.3) is 21.1 Å². The van der Waals surface area contributed by atoms with Crippen molar-refractivity contribution in [3.63, 3.8) is 0 Å². The predicted octanol–water partition coefficient (Wildman–Crippen LogP) is 4.39. The topological polar surface area (TPSA) is 96.0 Å². The first kappa shape index (κ1) is 21.8. The number of nitrogens with zero attached hydrogens (tertiary/aromatic N) is 4. The Morgan fingerprint density at radius 2 is 2.26 bits per heavy atom. The minimum atomic E-state index is 0.0251. The Morgan fingerprint density at radius 3 is 3.12 bits per heavy atom. The lowest BCUT2D eigenvalue weighted by atomic mass is 9.86.